The number of fused-ring (bicyclic) bond motifs is 1. The Hall–Kier alpha value is -2.69. The molecular weight excluding hydrogens is 297 g/mol. The average Bonchev–Trinajstić information content (AvgIpc) is 2.91. The van der Waals surface area contributed by atoms with Crippen LogP contribution < -0.4 is 0 Å². The Kier molecular flexibility index (Phi) is 3.43. The van der Waals surface area contributed by atoms with Crippen molar-refractivity contribution in [3.05, 3.63) is 53.7 Å². The van der Waals surface area contributed by atoms with E-state index in [1.54, 1.807) is 12.1 Å². The maximum absolute atomic E-state index is 13.2. The molecule has 1 N–H and O–H groups in total. The van der Waals surface area contributed by atoms with Crippen LogP contribution in [0.2, 0.25) is 0 Å². The van der Waals surface area contributed by atoms with Gasteiger partial charge in [0.05, 0.1) is 5.56 Å². The van der Waals surface area contributed by atoms with Crippen molar-refractivity contribution in [3.8, 4) is 11.1 Å². The molecule has 4 nitrogen and oxygen atoms in total. The van der Waals surface area contributed by atoms with E-state index in [1.807, 2.05) is 20.8 Å². The standard InChI is InChI=1S/C18H16FNO3/c1-18(2,3)17-20-14-9-11(16(21)22)8-13(15(14)23-17)10-4-6-12(19)7-5-10/h4-9H,1-3H3,(H,21,22). The van der Waals surface area contributed by atoms with E-state index in [-0.39, 0.29) is 16.8 Å². The molecule has 0 aliphatic rings. The lowest BCUT2D eigenvalue weighted by Gasteiger charge is -2.11. The average molecular weight is 313 g/mol. The van der Waals surface area contributed by atoms with Gasteiger partial charge in [0.1, 0.15) is 11.3 Å². The number of rotatable bonds is 2. The summed E-state index contributed by atoms with van der Waals surface area (Å²) in [7, 11) is 0. The molecule has 118 valence electrons. The lowest BCUT2D eigenvalue weighted by Crippen LogP contribution is -2.10. The quantitative estimate of drug-likeness (QED) is 0.749. The van der Waals surface area contributed by atoms with Gasteiger partial charge in [0.25, 0.3) is 0 Å². The Morgan fingerprint density at radius 2 is 1.83 bits per heavy atom. The van der Waals surface area contributed by atoms with Crippen LogP contribution in [0, 0.1) is 5.82 Å². The Morgan fingerprint density at radius 3 is 2.39 bits per heavy atom. The molecule has 0 radical (unpaired) electrons. The molecule has 0 saturated carbocycles. The van der Waals surface area contributed by atoms with Crippen LogP contribution in [0.3, 0.4) is 0 Å². The summed E-state index contributed by atoms with van der Waals surface area (Å²) < 4.78 is 19.0. The van der Waals surface area contributed by atoms with Gasteiger partial charge >= 0.3 is 5.97 Å². The Morgan fingerprint density at radius 1 is 1.17 bits per heavy atom. The molecule has 0 saturated heterocycles. The number of nitrogens with zero attached hydrogens (tertiary/aromatic N) is 1. The fourth-order valence-corrected chi connectivity index (χ4v) is 2.32. The van der Waals surface area contributed by atoms with Crippen LogP contribution in [-0.2, 0) is 5.41 Å². The maximum Gasteiger partial charge on any atom is 0.335 e. The van der Waals surface area contributed by atoms with Gasteiger partial charge in [-0.2, -0.15) is 0 Å². The number of carboxylic acids is 1. The van der Waals surface area contributed by atoms with Crippen molar-refractivity contribution >= 4 is 17.1 Å². The van der Waals surface area contributed by atoms with Crippen LogP contribution >= 0.6 is 0 Å². The summed E-state index contributed by atoms with van der Waals surface area (Å²) >= 11 is 0. The molecule has 0 fully saturated rings. The first-order chi connectivity index (χ1) is 10.8. The lowest BCUT2D eigenvalue weighted by molar-refractivity contribution is 0.0697. The molecule has 0 aliphatic heterocycles. The van der Waals surface area contributed by atoms with Crippen molar-refractivity contribution in [1.82, 2.24) is 4.98 Å². The number of aromatic carboxylic acids is 1. The third-order valence-corrected chi connectivity index (χ3v) is 3.53. The molecule has 5 heteroatoms. The predicted molar refractivity (Wildman–Crippen MR) is 85.1 cm³/mol. The number of halogens is 1. The summed E-state index contributed by atoms with van der Waals surface area (Å²) in [6, 6.07) is 8.86. The Balaban J connectivity index is 2.31. The van der Waals surface area contributed by atoms with Gasteiger partial charge in [-0.05, 0) is 29.8 Å². The van der Waals surface area contributed by atoms with Gasteiger partial charge in [0.2, 0.25) is 5.89 Å². The molecule has 0 amide bonds. The monoisotopic (exact) mass is 313 g/mol. The summed E-state index contributed by atoms with van der Waals surface area (Å²) in [5.74, 6) is -0.874. The maximum atomic E-state index is 13.2. The van der Waals surface area contributed by atoms with Gasteiger partial charge < -0.3 is 9.52 Å². The highest BCUT2D eigenvalue weighted by atomic mass is 19.1. The van der Waals surface area contributed by atoms with E-state index in [2.05, 4.69) is 4.98 Å². The zero-order chi connectivity index (χ0) is 16.8. The van der Waals surface area contributed by atoms with Crippen molar-refractivity contribution < 1.29 is 18.7 Å². The van der Waals surface area contributed by atoms with E-state index in [0.29, 0.717) is 28.1 Å². The first kappa shape index (κ1) is 15.2. The van der Waals surface area contributed by atoms with Crippen LogP contribution in [0.5, 0.6) is 0 Å². The fraction of sp³-hybridized carbons (Fsp3) is 0.222. The lowest BCUT2D eigenvalue weighted by atomic mass is 9.97. The Bertz CT molecular complexity index is 889. The summed E-state index contributed by atoms with van der Waals surface area (Å²) in [5, 5.41) is 9.31. The summed E-state index contributed by atoms with van der Waals surface area (Å²) in [4.78, 5) is 15.8. The third-order valence-electron chi connectivity index (χ3n) is 3.53. The first-order valence-electron chi connectivity index (χ1n) is 7.20. The van der Waals surface area contributed by atoms with Crippen molar-refractivity contribution in [3.63, 3.8) is 0 Å². The molecule has 1 aromatic heterocycles. The highest BCUT2D eigenvalue weighted by Gasteiger charge is 2.23. The highest BCUT2D eigenvalue weighted by molar-refractivity contribution is 5.99. The molecule has 23 heavy (non-hydrogen) atoms. The van der Waals surface area contributed by atoms with Crippen LogP contribution in [0.15, 0.2) is 40.8 Å². The Labute approximate surface area is 132 Å². The smallest absolute Gasteiger partial charge is 0.335 e. The number of hydrogen-bond acceptors (Lipinski definition) is 3. The summed E-state index contributed by atoms with van der Waals surface area (Å²) in [6.07, 6.45) is 0. The minimum atomic E-state index is -1.05. The van der Waals surface area contributed by atoms with E-state index in [0.717, 1.165) is 0 Å². The molecule has 0 bridgehead atoms. The van der Waals surface area contributed by atoms with Gasteiger partial charge in [-0.1, -0.05) is 32.9 Å². The largest absolute Gasteiger partial charge is 0.478 e. The zero-order valence-corrected chi connectivity index (χ0v) is 13.1. The van der Waals surface area contributed by atoms with Crippen molar-refractivity contribution in [2.24, 2.45) is 0 Å². The number of carbonyl (C=O) groups is 1. The molecule has 1 heterocycles. The topological polar surface area (TPSA) is 63.3 Å². The van der Waals surface area contributed by atoms with Crippen molar-refractivity contribution in [1.29, 1.82) is 0 Å². The van der Waals surface area contributed by atoms with Gasteiger partial charge in [-0.3, -0.25) is 0 Å². The minimum absolute atomic E-state index is 0.116. The zero-order valence-electron chi connectivity index (χ0n) is 13.1. The molecule has 0 aliphatic carbocycles. The SMILES string of the molecule is CC(C)(C)c1nc2cc(C(=O)O)cc(-c3ccc(F)cc3)c2o1. The predicted octanol–water partition coefficient (Wildman–Crippen LogP) is 4.63. The van der Waals surface area contributed by atoms with Crippen LogP contribution in [0.1, 0.15) is 37.0 Å². The van der Waals surface area contributed by atoms with Gasteiger partial charge in [0, 0.05) is 11.0 Å². The third kappa shape index (κ3) is 2.82. The van der Waals surface area contributed by atoms with Crippen LogP contribution in [0.25, 0.3) is 22.2 Å². The number of benzene rings is 2. The fourth-order valence-electron chi connectivity index (χ4n) is 2.32. The van der Waals surface area contributed by atoms with E-state index < -0.39 is 5.97 Å². The van der Waals surface area contributed by atoms with Gasteiger partial charge in [-0.25, -0.2) is 14.2 Å². The number of oxazole rings is 1. The second-order valence-electron chi connectivity index (χ2n) is 6.45. The summed E-state index contributed by atoms with van der Waals surface area (Å²) in [5.41, 5.74) is 2.06. The second kappa shape index (κ2) is 5.19. The number of hydrogen-bond donors (Lipinski definition) is 1. The normalized spacial score (nSPS) is 11.8. The minimum Gasteiger partial charge on any atom is -0.478 e. The molecule has 0 spiro atoms. The van der Waals surface area contributed by atoms with Gasteiger partial charge in [-0.15, -0.1) is 0 Å². The molecule has 0 unspecified atom stereocenters. The molecular formula is C18H16FNO3. The highest BCUT2D eigenvalue weighted by Crippen LogP contribution is 2.34. The second-order valence-corrected chi connectivity index (χ2v) is 6.45. The molecule has 3 aromatic rings. The molecule has 2 aromatic carbocycles. The van der Waals surface area contributed by atoms with E-state index >= 15 is 0 Å². The van der Waals surface area contributed by atoms with Crippen molar-refractivity contribution in [2.75, 3.05) is 0 Å². The van der Waals surface area contributed by atoms with Gasteiger partial charge in [0.15, 0.2) is 5.58 Å². The van der Waals surface area contributed by atoms with E-state index in [9.17, 15) is 14.3 Å². The van der Waals surface area contributed by atoms with E-state index in [1.165, 1.54) is 24.3 Å². The van der Waals surface area contributed by atoms with Crippen LogP contribution in [0.4, 0.5) is 4.39 Å². The van der Waals surface area contributed by atoms with Crippen molar-refractivity contribution in [2.45, 2.75) is 26.2 Å². The number of aromatic nitrogens is 1. The van der Waals surface area contributed by atoms with Crippen LogP contribution in [-0.4, -0.2) is 16.1 Å². The first-order valence-corrected chi connectivity index (χ1v) is 7.20. The summed E-state index contributed by atoms with van der Waals surface area (Å²) in [6.45, 7) is 5.90. The number of carboxylic acid groups (broad SMARTS) is 1. The molecule has 3 rings (SSSR count). The molecule has 0 atom stereocenters. The van der Waals surface area contributed by atoms with E-state index in [4.69, 9.17) is 4.42 Å².